The first-order valence-corrected chi connectivity index (χ1v) is 13.1. The monoisotopic (exact) mass is 576 g/mol. The van der Waals surface area contributed by atoms with Crippen molar-refractivity contribution in [2.75, 3.05) is 18.5 Å². The predicted molar refractivity (Wildman–Crippen MR) is 136 cm³/mol. The summed E-state index contributed by atoms with van der Waals surface area (Å²) in [6.07, 6.45) is -0.270. The Balaban J connectivity index is 1.62. The Kier molecular flexibility index (Phi) is 6.84. The normalized spacial score (nSPS) is 31.3. The summed E-state index contributed by atoms with van der Waals surface area (Å²) >= 11 is 9.92. The summed E-state index contributed by atoms with van der Waals surface area (Å²) in [5, 5.41) is 13.6. The van der Waals surface area contributed by atoms with Crippen molar-refractivity contribution in [3.8, 4) is 0 Å². The maximum Gasteiger partial charge on any atom is 0.312 e. The van der Waals surface area contributed by atoms with Crippen molar-refractivity contribution in [2.24, 2.45) is 11.8 Å². The number of benzene rings is 2. The Morgan fingerprint density at radius 3 is 2.61 bits per heavy atom. The van der Waals surface area contributed by atoms with Crippen LogP contribution in [-0.4, -0.2) is 63.6 Å². The number of aliphatic hydroxyl groups excluding tert-OH is 1. The van der Waals surface area contributed by atoms with Gasteiger partial charge in [-0.05, 0) is 31.0 Å². The van der Waals surface area contributed by atoms with Crippen LogP contribution in [0.15, 0.2) is 54.6 Å². The number of carbonyl (C=O) groups is 3. The molecular weight excluding hydrogens is 552 g/mol. The average molecular weight is 578 g/mol. The van der Waals surface area contributed by atoms with Gasteiger partial charge >= 0.3 is 5.97 Å². The van der Waals surface area contributed by atoms with Crippen LogP contribution in [-0.2, 0) is 23.9 Å². The molecule has 5 rings (SSSR count). The van der Waals surface area contributed by atoms with Crippen molar-refractivity contribution in [1.82, 2.24) is 4.90 Å². The number of halogens is 2. The second-order valence-corrected chi connectivity index (χ2v) is 10.8. The minimum Gasteiger partial charge on any atom is -0.466 e. The molecule has 0 aromatic heterocycles. The zero-order chi connectivity index (χ0) is 25.6. The second-order valence-electron chi connectivity index (χ2n) is 9.24. The molecule has 3 fully saturated rings. The zero-order valence-electron chi connectivity index (χ0n) is 19.5. The summed E-state index contributed by atoms with van der Waals surface area (Å²) in [5.41, 5.74) is -0.222. The lowest BCUT2D eigenvalue weighted by molar-refractivity contribution is -0.155. The number of nitrogens with one attached hydrogen (secondary N) is 1. The van der Waals surface area contributed by atoms with Gasteiger partial charge in [-0.3, -0.25) is 14.4 Å². The van der Waals surface area contributed by atoms with E-state index in [1.165, 1.54) is 4.90 Å². The number of nitrogens with zero attached hydrogens (tertiary/aromatic N) is 1. The first kappa shape index (κ1) is 25.2. The largest absolute Gasteiger partial charge is 0.466 e. The molecule has 8 nitrogen and oxygen atoms in total. The van der Waals surface area contributed by atoms with Crippen LogP contribution in [0.5, 0.6) is 0 Å². The molecule has 2 N–H and O–H groups in total. The molecule has 7 atom stereocenters. The molecule has 36 heavy (non-hydrogen) atoms. The molecule has 1 spiro atoms. The third-order valence-corrected chi connectivity index (χ3v) is 8.53. The van der Waals surface area contributed by atoms with Crippen LogP contribution in [0.25, 0.3) is 0 Å². The number of carbonyl (C=O) groups excluding carboxylic acids is 3. The van der Waals surface area contributed by atoms with Crippen molar-refractivity contribution in [3.63, 3.8) is 0 Å². The quantitative estimate of drug-likeness (QED) is 0.387. The number of rotatable bonds is 7. The standard InChI is InChI=1S/C26H26BrClN2O6/c1-2-35-25(34)19-20-24(33)30(18(13-31)14-8-4-3-5-9-14)22(26(20)12-15(27)21(19)36-26)23(32)29-17-11-7-6-10-16(17)28/h3-11,15,18-22,31H,2,12-13H2,1H3,(H,29,32)/t15?,18-,19+,20-,21+,22+,26-/m1/s1. The average Bonchev–Trinajstić information content (AvgIpc) is 3.46. The van der Waals surface area contributed by atoms with E-state index >= 15 is 0 Å². The Morgan fingerprint density at radius 2 is 1.94 bits per heavy atom. The highest BCUT2D eigenvalue weighted by Gasteiger charge is 2.77. The molecule has 3 heterocycles. The summed E-state index contributed by atoms with van der Waals surface area (Å²) in [6, 6.07) is 13.9. The molecule has 2 aromatic carbocycles. The first-order chi connectivity index (χ1) is 17.3. The van der Waals surface area contributed by atoms with Crippen molar-refractivity contribution in [1.29, 1.82) is 0 Å². The molecule has 2 bridgehead atoms. The van der Waals surface area contributed by atoms with Crippen LogP contribution in [0.4, 0.5) is 5.69 Å². The van der Waals surface area contributed by atoms with E-state index in [1.54, 1.807) is 55.5 Å². The van der Waals surface area contributed by atoms with E-state index in [0.717, 1.165) is 0 Å². The highest BCUT2D eigenvalue weighted by molar-refractivity contribution is 9.09. The van der Waals surface area contributed by atoms with Crippen LogP contribution >= 0.6 is 27.5 Å². The Hall–Kier alpha value is -2.46. The Morgan fingerprint density at radius 1 is 1.25 bits per heavy atom. The fourth-order valence-electron chi connectivity index (χ4n) is 6.00. The molecule has 1 unspecified atom stereocenters. The van der Waals surface area contributed by atoms with Crippen molar-refractivity contribution in [2.45, 2.75) is 42.0 Å². The van der Waals surface area contributed by atoms with E-state index in [0.29, 0.717) is 22.7 Å². The lowest BCUT2D eigenvalue weighted by Gasteiger charge is -2.37. The van der Waals surface area contributed by atoms with Gasteiger partial charge in [0.05, 0.1) is 47.9 Å². The fraction of sp³-hybridized carbons (Fsp3) is 0.423. The SMILES string of the molecule is CCOC(=O)[C@@H]1[C@H]2O[C@@]3(CC2Br)[C@H](C(=O)Nc2ccccc2Cl)N([C@H](CO)c2ccccc2)C(=O)[C@@H]13. The minimum atomic E-state index is -1.28. The number of para-hydroxylation sites is 1. The molecule has 3 aliphatic rings. The summed E-state index contributed by atoms with van der Waals surface area (Å²) in [6.45, 7) is 1.44. The number of alkyl halides is 1. The number of esters is 1. The van der Waals surface area contributed by atoms with Crippen molar-refractivity contribution < 1.29 is 29.0 Å². The maximum absolute atomic E-state index is 14.1. The third kappa shape index (κ3) is 3.84. The van der Waals surface area contributed by atoms with Crippen LogP contribution in [0.3, 0.4) is 0 Å². The number of fused-ring (bicyclic) bond motifs is 1. The number of hydrogen-bond acceptors (Lipinski definition) is 6. The predicted octanol–water partition coefficient (Wildman–Crippen LogP) is 3.32. The topological polar surface area (TPSA) is 105 Å². The first-order valence-electron chi connectivity index (χ1n) is 11.9. The van der Waals surface area contributed by atoms with E-state index in [1.807, 2.05) is 6.07 Å². The van der Waals surface area contributed by atoms with Gasteiger partial charge in [-0.1, -0.05) is 70.0 Å². The van der Waals surface area contributed by atoms with Gasteiger partial charge in [-0.2, -0.15) is 0 Å². The molecule has 190 valence electrons. The molecule has 3 aliphatic heterocycles. The van der Waals surface area contributed by atoms with Gasteiger partial charge in [-0.25, -0.2) is 0 Å². The van der Waals surface area contributed by atoms with Gasteiger partial charge in [-0.15, -0.1) is 0 Å². The van der Waals surface area contributed by atoms with Crippen LogP contribution < -0.4 is 5.32 Å². The molecule has 10 heteroatoms. The van der Waals surface area contributed by atoms with Crippen LogP contribution in [0.2, 0.25) is 5.02 Å². The lowest BCUT2D eigenvalue weighted by atomic mass is 9.70. The third-order valence-electron chi connectivity index (χ3n) is 7.36. The minimum absolute atomic E-state index is 0.159. The maximum atomic E-state index is 14.1. The number of amides is 2. The van der Waals surface area contributed by atoms with Crippen molar-refractivity contribution >= 4 is 51.0 Å². The number of aliphatic hydroxyl groups is 1. The van der Waals surface area contributed by atoms with E-state index in [9.17, 15) is 19.5 Å². The van der Waals surface area contributed by atoms with Gasteiger partial charge in [0.25, 0.3) is 0 Å². The Bertz CT molecular complexity index is 1180. The summed E-state index contributed by atoms with van der Waals surface area (Å²) in [5.74, 6) is -3.24. The van der Waals surface area contributed by atoms with Crippen LogP contribution in [0, 0.1) is 11.8 Å². The van der Waals surface area contributed by atoms with Crippen molar-refractivity contribution in [3.05, 3.63) is 65.2 Å². The summed E-state index contributed by atoms with van der Waals surface area (Å²) in [4.78, 5) is 42.2. The van der Waals surface area contributed by atoms with E-state index in [2.05, 4.69) is 21.2 Å². The number of likely N-dealkylation sites (tertiary alicyclic amines) is 1. The van der Waals surface area contributed by atoms with Gasteiger partial charge in [0, 0.05) is 4.83 Å². The van der Waals surface area contributed by atoms with E-state index in [-0.39, 0.29) is 11.4 Å². The molecule has 2 amide bonds. The van der Waals surface area contributed by atoms with Gasteiger partial charge in [0.1, 0.15) is 11.6 Å². The van der Waals surface area contributed by atoms with Crippen LogP contribution in [0.1, 0.15) is 24.9 Å². The smallest absolute Gasteiger partial charge is 0.312 e. The van der Waals surface area contributed by atoms with Gasteiger partial charge in [0.2, 0.25) is 11.8 Å². The molecule has 0 radical (unpaired) electrons. The number of ether oxygens (including phenoxy) is 2. The molecular formula is C26H26BrClN2O6. The lowest BCUT2D eigenvalue weighted by Crippen LogP contribution is -2.54. The zero-order valence-corrected chi connectivity index (χ0v) is 21.8. The van der Waals surface area contributed by atoms with E-state index < -0.39 is 60.0 Å². The highest BCUT2D eigenvalue weighted by atomic mass is 79.9. The summed E-state index contributed by atoms with van der Waals surface area (Å²) < 4.78 is 11.7. The molecule has 2 aromatic rings. The van der Waals surface area contributed by atoms with E-state index in [4.69, 9.17) is 21.1 Å². The van der Waals surface area contributed by atoms with Gasteiger partial charge < -0.3 is 24.8 Å². The molecule has 0 aliphatic carbocycles. The number of hydrogen-bond donors (Lipinski definition) is 2. The highest BCUT2D eigenvalue weighted by Crippen LogP contribution is 2.61. The summed E-state index contributed by atoms with van der Waals surface area (Å²) in [7, 11) is 0. The molecule has 0 saturated carbocycles. The second kappa shape index (κ2) is 9.78. The molecule has 3 saturated heterocycles. The Labute approximate surface area is 222 Å². The number of anilines is 1. The fourth-order valence-corrected chi connectivity index (χ4v) is 7.13. The van der Waals surface area contributed by atoms with Gasteiger partial charge in [0.15, 0.2) is 0 Å².